The summed E-state index contributed by atoms with van der Waals surface area (Å²) < 4.78 is 0. The molecule has 0 saturated heterocycles. The summed E-state index contributed by atoms with van der Waals surface area (Å²) >= 11 is 0. The molecule has 0 radical (unpaired) electrons. The topological polar surface area (TPSA) is 63.3 Å². The Morgan fingerprint density at radius 1 is 1.05 bits per heavy atom. The van der Waals surface area contributed by atoms with Gasteiger partial charge in [-0.15, -0.1) is 12.4 Å². The molecule has 0 aliphatic carbocycles. The van der Waals surface area contributed by atoms with Gasteiger partial charge in [-0.2, -0.15) is 0 Å². The van der Waals surface area contributed by atoms with Gasteiger partial charge in [0.25, 0.3) is 0 Å². The van der Waals surface area contributed by atoms with Crippen LogP contribution < -0.4 is 5.73 Å². The van der Waals surface area contributed by atoms with E-state index in [1.165, 1.54) is 0 Å². The molecule has 2 aromatic rings. The highest BCUT2D eigenvalue weighted by Gasteiger charge is 2.15. The minimum Gasteiger partial charge on any atom is -0.508 e. The van der Waals surface area contributed by atoms with Gasteiger partial charge in [-0.05, 0) is 24.1 Å². The molecule has 0 fully saturated rings. The molecule has 3 nitrogen and oxygen atoms in total. The molecular weight excluding hydrogens is 262 g/mol. The van der Waals surface area contributed by atoms with Gasteiger partial charge in [0, 0.05) is 5.56 Å². The quantitative estimate of drug-likeness (QED) is 0.844. The molecule has 0 amide bonds. The van der Waals surface area contributed by atoms with Gasteiger partial charge in [-0.3, -0.25) is 4.79 Å². The van der Waals surface area contributed by atoms with Crippen LogP contribution >= 0.6 is 12.4 Å². The van der Waals surface area contributed by atoms with Crippen molar-refractivity contribution in [2.75, 3.05) is 0 Å². The number of benzene rings is 2. The summed E-state index contributed by atoms with van der Waals surface area (Å²) in [6, 6.07) is 15.2. The number of phenolic OH excluding ortho intramolecular Hbond substituents is 1. The fourth-order valence-electron chi connectivity index (χ4n) is 1.80. The van der Waals surface area contributed by atoms with E-state index in [4.69, 9.17) is 5.73 Å². The minimum absolute atomic E-state index is 0. The minimum atomic E-state index is -0.558. The van der Waals surface area contributed by atoms with Gasteiger partial charge in [-0.25, -0.2) is 0 Å². The Bertz CT molecular complexity index is 526. The number of carbonyl (C=O) groups is 1. The van der Waals surface area contributed by atoms with Crippen molar-refractivity contribution in [2.45, 2.75) is 12.5 Å². The van der Waals surface area contributed by atoms with Crippen molar-refractivity contribution in [3.63, 3.8) is 0 Å². The summed E-state index contributed by atoms with van der Waals surface area (Å²) in [5.41, 5.74) is 7.47. The lowest BCUT2D eigenvalue weighted by Gasteiger charge is -2.10. The molecule has 3 N–H and O–H groups in total. The SMILES string of the molecule is Cl.NC(Cc1ccc(O)cc1)C(=O)c1ccccc1. The molecule has 4 heteroatoms. The molecule has 0 heterocycles. The highest BCUT2D eigenvalue weighted by molar-refractivity contribution is 6.00. The van der Waals surface area contributed by atoms with Gasteiger partial charge < -0.3 is 10.8 Å². The van der Waals surface area contributed by atoms with E-state index in [1.54, 1.807) is 36.4 Å². The molecule has 1 unspecified atom stereocenters. The van der Waals surface area contributed by atoms with Gasteiger partial charge in [-0.1, -0.05) is 42.5 Å². The van der Waals surface area contributed by atoms with Gasteiger partial charge >= 0.3 is 0 Å². The number of aromatic hydroxyl groups is 1. The molecule has 0 spiro atoms. The van der Waals surface area contributed by atoms with Crippen molar-refractivity contribution in [2.24, 2.45) is 5.73 Å². The Morgan fingerprint density at radius 2 is 1.63 bits per heavy atom. The second-order valence-corrected chi connectivity index (χ2v) is 4.21. The first-order valence-electron chi connectivity index (χ1n) is 5.79. The molecule has 19 heavy (non-hydrogen) atoms. The third-order valence-corrected chi connectivity index (χ3v) is 2.79. The van der Waals surface area contributed by atoms with Crippen LogP contribution in [0.5, 0.6) is 5.75 Å². The van der Waals surface area contributed by atoms with Gasteiger partial charge in [0.2, 0.25) is 0 Å². The molecule has 1 atom stereocenters. The molecule has 0 bridgehead atoms. The summed E-state index contributed by atoms with van der Waals surface area (Å²) in [5, 5.41) is 9.18. The number of rotatable bonds is 4. The van der Waals surface area contributed by atoms with Crippen LogP contribution in [0.4, 0.5) is 0 Å². The third kappa shape index (κ3) is 4.09. The van der Waals surface area contributed by atoms with E-state index in [9.17, 15) is 9.90 Å². The second-order valence-electron chi connectivity index (χ2n) is 4.21. The summed E-state index contributed by atoms with van der Waals surface area (Å²) in [4.78, 5) is 12.0. The van der Waals surface area contributed by atoms with Crippen molar-refractivity contribution >= 4 is 18.2 Å². The molecule has 0 saturated carbocycles. The Labute approximate surface area is 118 Å². The number of Topliss-reactive ketones (excluding diaryl/α,β-unsaturated/α-hetero) is 1. The lowest BCUT2D eigenvalue weighted by Crippen LogP contribution is -2.32. The Kier molecular flexibility index (Phi) is 5.55. The lowest BCUT2D eigenvalue weighted by molar-refractivity contribution is 0.0961. The van der Waals surface area contributed by atoms with Crippen molar-refractivity contribution in [1.82, 2.24) is 0 Å². The van der Waals surface area contributed by atoms with Crippen molar-refractivity contribution in [3.05, 3.63) is 65.7 Å². The van der Waals surface area contributed by atoms with E-state index in [2.05, 4.69) is 0 Å². The number of halogens is 1. The molecule has 0 aromatic heterocycles. The number of hydrogen-bond acceptors (Lipinski definition) is 3. The normalized spacial score (nSPS) is 11.4. The predicted molar refractivity (Wildman–Crippen MR) is 77.8 cm³/mol. The zero-order valence-electron chi connectivity index (χ0n) is 10.3. The van der Waals surface area contributed by atoms with E-state index in [0.29, 0.717) is 12.0 Å². The van der Waals surface area contributed by atoms with Gasteiger partial charge in [0.05, 0.1) is 6.04 Å². The first kappa shape index (κ1) is 15.2. The third-order valence-electron chi connectivity index (χ3n) is 2.79. The Balaban J connectivity index is 0.00000180. The summed E-state index contributed by atoms with van der Waals surface area (Å²) in [6.07, 6.45) is 0.466. The molecule has 100 valence electrons. The highest BCUT2D eigenvalue weighted by Crippen LogP contribution is 2.12. The van der Waals surface area contributed by atoms with Crippen LogP contribution in [0.1, 0.15) is 15.9 Å². The molecular formula is C15H16ClNO2. The Morgan fingerprint density at radius 3 is 2.21 bits per heavy atom. The first-order valence-corrected chi connectivity index (χ1v) is 5.79. The monoisotopic (exact) mass is 277 g/mol. The van der Waals surface area contributed by atoms with E-state index in [1.807, 2.05) is 18.2 Å². The van der Waals surface area contributed by atoms with E-state index in [-0.39, 0.29) is 23.9 Å². The van der Waals surface area contributed by atoms with E-state index in [0.717, 1.165) is 5.56 Å². The average molecular weight is 278 g/mol. The van der Waals surface area contributed by atoms with Crippen LogP contribution in [-0.4, -0.2) is 16.9 Å². The summed E-state index contributed by atoms with van der Waals surface area (Å²) in [5.74, 6) is 0.144. The fraction of sp³-hybridized carbons (Fsp3) is 0.133. The highest BCUT2D eigenvalue weighted by atomic mass is 35.5. The summed E-state index contributed by atoms with van der Waals surface area (Å²) in [7, 11) is 0. The maximum absolute atomic E-state index is 12.0. The number of hydrogen-bond donors (Lipinski definition) is 2. The van der Waals surface area contributed by atoms with E-state index < -0.39 is 6.04 Å². The fourth-order valence-corrected chi connectivity index (χ4v) is 1.80. The van der Waals surface area contributed by atoms with Crippen LogP contribution in [0.2, 0.25) is 0 Å². The summed E-state index contributed by atoms with van der Waals surface area (Å²) in [6.45, 7) is 0. The molecule has 2 rings (SSSR count). The van der Waals surface area contributed by atoms with Crippen LogP contribution in [0.25, 0.3) is 0 Å². The predicted octanol–water partition coefficient (Wildman–Crippen LogP) is 2.57. The van der Waals surface area contributed by atoms with Gasteiger partial charge in [0.15, 0.2) is 5.78 Å². The average Bonchev–Trinajstić information content (AvgIpc) is 2.41. The zero-order valence-corrected chi connectivity index (χ0v) is 11.1. The lowest BCUT2D eigenvalue weighted by atomic mass is 9.98. The molecule has 0 aliphatic rings. The molecule has 2 aromatic carbocycles. The van der Waals surface area contributed by atoms with Crippen molar-refractivity contribution in [3.8, 4) is 5.75 Å². The smallest absolute Gasteiger partial charge is 0.179 e. The maximum Gasteiger partial charge on any atom is 0.179 e. The second kappa shape index (κ2) is 6.92. The number of nitrogens with two attached hydrogens (primary N) is 1. The van der Waals surface area contributed by atoms with Crippen molar-refractivity contribution < 1.29 is 9.90 Å². The number of carbonyl (C=O) groups excluding carboxylic acids is 1. The van der Waals surface area contributed by atoms with Crippen LogP contribution in [0, 0.1) is 0 Å². The van der Waals surface area contributed by atoms with Crippen LogP contribution in [0.15, 0.2) is 54.6 Å². The maximum atomic E-state index is 12.0. The van der Waals surface area contributed by atoms with Gasteiger partial charge in [0.1, 0.15) is 5.75 Å². The molecule has 0 aliphatic heterocycles. The van der Waals surface area contributed by atoms with Crippen LogP contribution in [0.3, 0.4) is 0 Å². The Hall–Kier alpha value is -1.84. The standard InChI is InChI=1S/C15H15NO2.ClH/c16-14(10-11-6-8-13(17)9-7-11)15(18)12-4-2-1-3-5-12;/h1-9,14,17H,10,16H2;1H. The van der Waals surface area contributed by atoms with E-state index >= 15 is 0 Å². The number of phenols is 1. The number of ketones is 1. The van der Waals surface area contributed by atoms with Crippen molar-refractivity contribution in [1.29, 1.82) is 0 Å². The zero-order chi connectivity index (χ0) is 13.0. The van der Waals surface area contributed by atoms with Crippen LogP contribution in [-0.2, 0) is 6.42 Å². The first-order chi connectivity index (χ1) is 8.66. The largest absolute Gasteiger partial charge is 0.508 e.